The van der Waals surface area contributed by atoms with E-state index in [0.717, 1.165) is 35.5 Å². The second-order valence-corrected chi connectivity index (χ2v) is 8.63. The van der Waals surface area contributed by atoms with Gasteiger partial charge in [-0.2, -0.15) is 0 Å². The third kappa shape index (κ3) is 5.11. The van der Waals surface area contributed by atoms with E-state index in [1.54, 1.807) is 23.5 Å². The van der Waals surface area contributed by atoms with Gasteiger partial charge < -0.3 is 5.73 Å². The number of hydrogen-bond acceptors (Lipinski definition) is 4. The lowest BCUT2D eigenvalue weighted by molar-refractivity contribution is -0.117. The Bertz CT molecular complexity index is 831. The minimum absolute atomic E-state index is 0. The standard InChI is InChI=1S/C20H23ClN2O2S.ClH/c1-12(2)23-8-7-16-18(11-23)26-17(19(16)20(22)25)10-15(24)9-13-3-5-14(21)6-4-13;/h3-6,12H,7-11H2,1-2H3,(H2,22,25);1H. The Balaban J connectivity index is 0.00000261. The lowest BCUT2D eigenvalue weighted by Crippen LogP contribution is -2.35. The average Bonchev–Trinajstić information content (AvgIpc) is 2.93. The van der Waals surface area contributed by atoms with Crippen LogP contribution in [0.25, 0.3) is 0 Å². The molecule has 0 radical (unpaired) electrons. The molecule has 0 saturated carbocycles. The first kappa shape index (κ1) is 21.9. The fourth-order valence-corrected chi connectivity index (χ4v) is 4.94. The second-order valence-electron chi connectivity index (χ2n) is 7.00. The highest BCUT2D eigenvalue weighted by molar-refractivity contribution is 7.12. The summed E-state index contributed by atoms with van der Waals surface area (Å²) in [5.41, 5.74) is 8.21. The highest BCUT2D eigenvalue weighted by Crippen LogP contribution is 2.34. The molecule has 4 nitrogen and oxygen atoms in total. The van der Waals surface area contributed by atoms with Gasteiger partial charge in [0.1, 0.15) is 5.78 Å². The van der Waals surface area contributed by atoms with Crippen LogP contribution in [0.4, 0.5) is 0 Å². The monoisotopic (exact) mass is 426 g/mol. The smallest absolute Gasteiger partial charge is 0.250 e. The molecule has 0 saturated heterocycles. The summed E-state index contributed by atoms with van der Waals surface area (Å²) >= 11 is 7.46. The second kappa shape index (κ2) is 9.20. The maximum absolute atomic E-state index is 12.5. The van der Waals surface area contributed by atoms with Gasteiger partial charge >= 0.3 is 0 Å². The molecule has 1 aliphatic rings. The molecular formula is C20H24Cl2N2O2S. The van der Waals surface area contributed by atoms with E-state index in [1.807, 2.05) is 12.1 Å². The normalized spacial score (nSPS) is 13.9. The topological polar surface area (TPSA) is 63.4 Å². The van der Waals surface area contributed by atoms with Gasteiger partial charge in [0, 0.05) is 46.7 Å². The molecule has 2 aromatic rings. The molecule has 27 heavy (non-hydrogen) atoms. The van der Waals surface area contributed by atoms with Crippen LogP contribution in [0.2, 0.25) is 5.02 Å². The third-order valence-corrected chi connectivity index (χ3v) is 6.28. The summed E-state index contributed by atoms with van der Waals surface area (Å²) in [5, 5.41) is 0.651. The van der Waals surface area contributed by atoms with Crippen molar-refractivity contribution < 1.29 is 9.59 Å². The fourth-order valence-electron chi connectivity index (χ4n) is 3.40. The van der Waals surface area contributed by atoms with E-state index in [1.165, 1.54) is 4.88 Å². The largest absolute Gasteiger partial charge is 0.366 e. The summed E-state index contributed by atoms with van der Waals surface area (Å²) in [7, 11) is 0. The number of fused-ring (bicyclic) bond motifs is 1. The van der Waals surface area contributed by atoms with E-state index >= 15 is 0 Å². The van der Waals surface area contributed by atoms with Crippen molar-refractivity contribution in [2.24, 2.45) is 5.73 Å². The molecule has 146 valence electrons. The van der Waals surface area contributed by atoms with E-state index in [9.17, 15) is 9.59 Å². The maximum Gasteiger partial charge on any atom is 0.250 e. The number of thiophene rings is 1. The molecule has 0 fully saturated rings. The van der Waals surface area contributed by atoms with Crippen LogP contribution >= 0.6 is 35.3 Å². The van der Waals surface area contributed by atoms with E-state index < -0.39 is 5.91 Å². The quantitative estimate of drug-likeness (QED) is 0.757. The Morgan fingerprint density at radius 1 is 1.22 bits per heavy atom. The van der Waals surface area contributed by atoms with E-state index in [4.69, 9.17) is 17.3 Å². The van der Waals surface area contributed by atoms with Crippen molar-refractivity contribution in [3.05, 3.63) is 55.7 Å². The van der Waals surface area contributed by atoms with E-state index in [-0.39, 0.29) is 24.6 Å². The highest BCUT2D eigenvalue weighted by atomic mass is 35.5. The summed E-state index contributed by atoms with van der Waals surface area (Å²) < 4.78 is 0. The lowest BCUT2D eigenvalue weighted by atomic mass is 9.98. The first-order valence-corrected chi connectivity index (χ1v) is 9.98. The van der Waals surface area contributed by atoms with Gasteiger partial charge in [0.25, 0.3) is 0 Å². The number of rotatable bonds is 6. The van der Waals surface area contributed by atoms with Gasteiger partial charge in [0.2, 0.25) is 5.91 Å². The zero-order valence-corrected chi connectivity index (χ0v) is 17.8. The predicted molar refractivity (Wildman–Crippen MR) is 113 cm³/mol. The number of ketones is 1. The number of Topliss-reactive ketones (excluding diaryl/α,β-unsaturated/α-hetero) is 1. The molecule has 1 aromatic heterocycles. The number of nitrogens with zero attached hydrogens (tertiary/aromatic N) is 1. The minimum Gasteiger partial charge on any atom is -0.366 e. The highest BCUT2D eigenvalue weighted by Gasteiger charge is 2.28. The summed E-state index contributed by atoms with van der Waals surface area (Å²) in [6, 6.07) is 7.73. The molecule has 1 amide bonds. The first-order chi connectivity index (χ1) is 12.3. The Hall–Kier alpha value is -1.40. The van der Waals surface area contributed by atoms with Crippen LogP contribution in [0.5, 0.6) is 0 Å². The van der Waals surface area contributed by atoms with Crippen molar-refractivity contribution in [2.75, 3.05) is 6.54 Å². The van der Waals surface area contributed by atoms with Gasteiger partial charge in [0.15, 0.2) is 0 Å². The Morgan fingerprint density at radius 2 is 1.89 bits per heavy atom. The van der Waals surface area contributed by atoms with Gasteiger partial charge in [-0.1, -0.05) is 23.7 Å². The summed E-state index contributed by atoms with van der Waals surface area (Å²) in [6.45, 7) is 6.08. The van der Waals surface area contributed by atoms with Crippen LogP contribution in [0.1, 0.15) is 45.1 Å². The Labute approximate surface area is 175 Å². The molecule has 0 aliphatic carbocycles. The van der Waals surface area contributed by atoms with Crippen molar-refractivity contribution in [3.8, 4) is 0 Å². The maximum atomic E-state index is 12.5. The number of primary amides is 1. The van der Waals surface area contributed by atoms with Crippen LogP contribution in [-0.2, 0) is 30.6 Å². The number of halogens is 2. The van der Waals surface area contributed by atoms with Gasteiger partial charge in [-0.25, -0.2) is 0 Å². The molecule has 0 atom stereocenters. The number of carbonyl (C=O) groups excluding carboxylic acids is 2. The molecule has 0 unspecified atom stereocenters. The fraction of sp³-hybridized carbons (Fsp3) is 0.400. The van der Waals surface area contributed by atoms with E-state index in [0.29, 0.717) is 23.0 Å². The molecular weight excluding hydrogens is 403 g/mol. The molecule has 0 bridgehead atoms. The van der Waals surface area contributed by atoms with Gasteiger partial charge in [-0.05, 0) is 43.5 Å². The number of benzene rings is 1. The number of nitrogens with two attached hydrogens (primary N) is 1. The first-order valence-electron chi connectivity index (χ1n) is 8.78. The molecule has 7 heteroatoms. The SMILES string of the molecule is CC(C)N1CCc2c(sc(CC(=O)Cc3ccc(Cl)cc3)c2C(N)=O)C1.Cl. The predicted octanol–water partition coefficient (Wildman–Crippen LogP) is 4.04. The number of carbonyl (C=O) groups is 2. The summed E-state index contributed by atoms with van der Waals surface area (Å²) in [6.07, 6.45) is 1.39. The molecule has 3 rings (SSSR count). The van der Waals surface area contributed by atoms with Crippen molar-refractivity contribution in [1.29, 1.82) is 0 Å². The number of amides is 1. The van der Waals surface area contributed by atoms with Gasteiger partial charge in [-0.3, -0.25) is 14.5 Å². The van der Waals surface area contributed by atoms with Crippen LogP contribution in [0.3, 0.4) is 0 Å². The van der Waals surface area contributed by atoms with Crippen molar-refractivity contribution >= 4 is 47.0 Å². The van der Waals surface area contributed by atoms with Gasteiger partial charge in [-0.15, -0.1) is 23.7 Å². The summed E-state index contributed by atoms with van der Waals surface area (Å²) in [5.74, 6) is -0.344. The van der Waals surface area contributed by atoms with Crippen molar-refractivity contribution in [1.82, 2.24) is 4.90 Å². The van der Waals surface area contributed by atoms with Crippen LogP contribution < -0.4 is 5.73 Å². The van der Waals surface area contributed by atoms with Crippen molar-refractivity contribution in [3.63, 3.8) is 0 Å². The third-order valence-electron chi connectivity index (χ3n) is 4.81. The molecule has 0 spiro atoms. The van der Waals surface area contributed by atoms with Crippen LogP contribution in [0, 0.1) is 0 Å². The number of hydrogen-bond donors (Lipinski definition) is 1. The van der Waals surface area contributed by atoms with Crippen LogP contribution in [0.15, 0.2) is 24.3 Å². The van der Waals surface area contributed by atoms with Gasteiger partial charge in [0.05, 0.1) is 5.56 Å². The van der Waals surface area contributed by atoms with Crippen molar-refractivity contribution in [2.45, 2.75) is 45.7 Å². The van der Waals surface area contributed by atoms with E-state index in [2.05, 4.69) is 18.7 Å². The molecule has 2 heterocycles. The zero-order chi connectivity index (χ0) is 18.8. The Morgan fingerprint density at radius 3 is 2.48 bits per heavy atom. The molecule has 1 aromatic carbocycles. The Kier molecular flexibility index (Phi) is 7.46. The van der Waals surface area contributed by atoms with Crippen LogP contribution in [-0.4, -0.2) is 29.2 Å². The summed E-state index contributed by atoms with van der Waals surface area (Å²) in [4.78, 5) is 28.9. The minimum atomic E-state index is -0.421. The zero-order valence-electron chi connectivity index (χ0n) is 15.5. The average molecular weight is 427 g/mol. The molecule has 2 N–H and O–H groups in total. The molecule has 1 aliphatic heterocycles. The lowest BCUT2D eigenvalue weighted by Gasteiger charge is -2.30.